The molecule has 0 aromatic heterocycles. The van der Waals surface area contributed by atoms with Gasteiger partial charge in [0.25, 0.3) is 0 Å². The van der Waals surface area contributed by atoms with Crippen LogP contribution in [0.3, 0.4) is 0 Å². The molecule has 0 radical (unpaired) electrons. The summed E-state index contributed by atoms with van der Waals surface area (Å²) in [6.07, 6.45) is 0. The van der Waals surface area contributed by atoms with Crippen molar-refractivity contribution in [3.63, 3.8) is 0 Å². The van der Waals surface area contributed by atoms with Crippen LogP contribution in [0.25, 0.3) is 0 Å². The molecule has 0 spiro atoms. The number of halogens is 1. The molecule has 0 saturated carbocycles. The molecule has 1 rings (SSSR count). The van der Waals surface area contributed by atoms with Crippen LogP contribution in [0.5, 0.6) is 5.75 Å². The zero-order valence-electron chi connectivity index (χ0n) is 11.1. The molecule has 1 amide bonds. The highest BCUT2D eigenvalue weighted by atomic mass is 32.2. The number of Topliss-reactive ketones (excluding diaryl/α,β-unsaturated/α-hetero) is 1. The predicted molar refractivity (Wildman–Crippen MR) is 72.9 cm³/mol. The molecule has 1 aromatic rings. The SMILES string of the molecule is CC(=O)c1cc(F)cc(CSCC(=O)N(C)C)c1O. The van der Waals surface area contributed by atoms with Crippen molar-refractivity contribution >= 4 is 23.5 Å². The normalized spacial score (nSPS) is 10.3. The number of benzene rings is 1. The Hall–Kier alpha value is -1.56. The van der Waals surface area contributed by atoms with Crippen LogP contribution in [-0.4, -0.2) is 41.5 Å². The number of carbonyl (C=O) groups is 2. The number of phenolic OH excluding ortho intramolecular Hbond substituents is 1. The number of thioether (sulfide) groups is 1. The summed E-state index contributed by atoms with van der Waals surface area (Å²) in [4.78, 5) is 24.1. The molecule has 0 fully saturated rings. The summed E-state index contributed by atoms with van der Waals surface area (Å²) in [5.41, 5.74) is 0.288. The third-order valence-corrected chi connectivity index (χ3v) is 3.48. The van der Waals surface area contributed by atoms with Gasteiger partial charge in [-0.15, -0.1) is 11.8 Å². The van der Waals surface area contributed by atoms with Crippen LogP contribution in [0.4, 0.5) is 4.39 Å². The van der Waals surface area contributed by atoms with Crippen LogP contribution in [0.15, 0.2) is 12.1 Å². The van der Waals surface area contributed by atoms with E-state index in [1.54, 1.807) is 14.1 Å². The van der Waals surface area contributed by atoms with E-state index in [-0.39, 0.29) is 28.7 Å². The van der Waals surface area contributed by atoms with Crippen molar-refractivity contribution in [2.45, 2.75) is 12.7 Å². The van der Waals surface area contributed by atoms with E-state index in [4.69, 9.17) is 0 Å². The van der Waals surface area contributed by atoms with Gasteiger partial charge in [-0.2, -0.15) is 0 Å². The van der Waals surface area contributed by atoms with E-state index in [1.165, 1.54) is 29.7 Å². The van der Waals surface area contributed by atoms with E-state index in [2.05, 4.69) is 0 Å². The predicted octanol–water partition coefficient (Wildman–Crippen LogP) is 2.06. The Morgan fingerprint density at radius 3 is 2.53 bits per heavy atom. The van der Waals surface area contributed by atoms with Gasteiger partial charge >= 0.3 is 0 Å². The number of ketones is 1. The molecule has 0 saturated heterocycles. The molecular weight excluding hydrogens is 269 g/mol. The van der Waals surface area contributed by atoms with Gasteiger partial charge in [-0.1, -0.05) is 0 Å². The molecule has 0 unspecified atom stereocenters. The van der Waals surface area contributed by atoms with Gasteiger partial charge in [0.2, 0.25) is 5.91 Å². The van der Waals surface area contributed by atoms with Gasteiger partial charge in [0.15, 0.2) is 5.78 Å². The highest BCUT2D eigenvalue weighted by molar-refractivity contribution is 7.99. The molecule has 0 heterocycles. The first-order valence-electron chi connectivity index (χ1n) is 5.63. The number of nitrogens with zero attached hydrogens (tertiary/aromatic N) is 1. The maximum absolute atomic E-state index is 13.3. The largest absolute Gasteiger partial charge is 0.507 e. The molecule has 0 aliphatic heterocycles. The Bertz CT molecular complexity index is 503. The van der Waals surface area contributed by atoms with E-state index < -0.39 is 11.6 Å². The minimum Gasteiger partial charge on any atom is -0.507 e. The fourth-order valence-electron chi connectivity index (χ4n) is 1.41. The van der Waals surface area contributed by atoms with Gasteiger partial charge in [0, 0.05) is 25.4 Å². The van der Waals surface area contributed by atoms with Crippen LogP contribution >= 0.6 is 11.8 Å². The second-order valence-electron chi connectivity index (χ2n) is 4.30. The van der Waals surface area contributed by atoms with E-state index >= 15 is 0 Å². The second-order valence-corrected chi connectivity index (χ2v) is 5.28. The Balaban J connectivity index is 2.79. The van der Waals surface area contributed by atoms with Gasteiger partial charge in [0.05, 0.1) is 11.3 Å². The number of aromatic hydroxyl groups is 1. The first kappa shape index (κ1) is 15.5. The quantitative estimate of drug-likeness (QED) is 0.841. The van der Waals surface area contributed by atoms with Crippen LogP contribution in [0, 0.1) is 5.82 Å². The van der Waals surface area contributed by atoms with E-state index in [0.29, 0.717) is 5.56 Å². The topological polar surface area (TPSA) is 57.6 Å². The van der Waals surface area contributed by atoms with Gasteiger partial charge in [-0.05, 0) is 19.1 Å². The first-order valence-corrected chi connectivity index (χ1v) is 6.78. The van der Waals surface area contributed by atoms with Crippen molar-refractivity contribution in [3.05, 3.63) is 29.1 Å². The maximum Gasteiger partial charge on any atom is 0.232 e. The van der Waals surface area contributed by atoms with E-state index in [1.807, 2.05) is 0 Å². The zero-order chi connectivity index (χ0) is 14.6. The van der Waals surface area contributed by atoms with Crippen molar-refractivity contribution < 1.29 is 19.1 Å². The second kappa shape index (κ2) is 6.56. The lowest BCUT2D eigenvalue weighted by molar-refractivity contribution is -0.125. The average molecular weight is 285 g/mol. The summed E-state index contributed by atoms with van der Waals surface area (Å²) in [6.45, 7) is 1.26. The van der Waals surface area contributed by atoms with E-state index in [9.17, 15) is 19.1 Å². The molecule has 0 atom stereocenters. The molecule has 1 aromatic carbocycles. The Morgan fingerprint density at radius 2 is 2.00 bits per heavy atom. The lowest BCUT2D eigenvalue weighted by Crippen LogP contribution is -2.23. The summed E-state index contributed by atoms with van der Waals surface area (Å²) < 4.78 is 13.3. The minimum atomic E-state index is -0.572. The standard InChI is InChI=1S/C13H16FNO3S/c1-8(16)11-5-10(14)4-9(13(11)18)6-19-7-12(17)15(2)3/h4-5,18H,6-7H2,1-3H3. The summed E-state index contributed by atoms with van der Waals surface area (Å²) in [5, 5.41) is 9.86. The van der Waals surface area contributed by atoms with Crippen molar-refractivity contribution in [1.29, 1.82) is 0 Å². The molecule has 4 nitrogen and oxygen atoms in total. The zero-order valence-corrected chi connectivity index (χ0v) is 11.9. The average Bonchev–Trinajstić information content (AvgIpc) is 2.32. The molecule has 19 heavy (non-hydrogen) atoms. The number of hydrogen-bond donors (Lipinski definition) is 1. The third kappa shape index (κ3) is 4.24. The lowest BCUT2D eigenvalue weighted by atomic mass is 10.1. The molecule has 0 bridgehead atoms. The summed E-state index contributed by atoms with van der Waals surface area (Å²) >= 11 is 1.26. The molecule has 6 heteroatoms. The third-order valence-electron chi connectivity index (χ3n) is 2.51. The lowest BCUT2D eigenvalue weighted by Gasteiger charge is -2.11. The van der Waals surface area contributed by atoms with Crippen molar-refractivity contribution in [2.75, 3.05) is 19.8 Å². The Kier molecular flexibility index (Phi) is 5.35. The van der Waals surface area contributed by atoms with Crippen LogP contribution < -0.4 is 0 Å². The van der Waals surface area contributed by atoms with Gasteiger partial charge in [-0.25, -0.2) is 4.39 Å². The van der Waals surface area contributed by atoms with E-state index in [0.717, 1.165) is 6.07 Å². The Morgan fingerprint density at radius 1 is 1.37 bits per heavy atom. The van der Waals surface area contributed by atoms with Crippen molar-refractivity contribution in [2.24, 2.45) is 0 Å². The first-order chi connectivity index (χ1) is 8.82. The fraction of sp³-hybridized carbons (Fsp3) is 0.385. The molecular formula is C13H16FNO3S. The van der Waals surface area contributed by atoms with Crippen LogP contribution in [0.2, 0.25) is 0 Å². The fourth-order valence-corrected chi connectivity index (χ4v) is 2.39. The van der Waals surface area contributed by atoms with Crippen molar-refractivity contribution in [1.82, 2.24) is 4.90 Å². The summed E-state index contributed by atoms with van der Waals surface area (Å²) in [5.74, 6) is -0.738. The van der Waals surface area contributed by atoms with Crippen molar-refractivity contribution in [3.8, 4) is 5.75 Å². The number of hydrogen-bond acceptors (Lipinski definition) is 4. The molecule has 0 aliphatic rings. The van der Waals surface area contributed by atoms with Gasteiger partial charge in [0.1, 0.15) is 11.6 Å². The van der Waals surface area contributed by atoms with Gasteiger partial charge in [-0.3, -0.25) is 9.59 Å². The minimum absolute atomic E-state index is 0.0328. The summed E-state index contributed by atoms with van der Waals surface area (Å²) in [6, 6.07) is 2.19. The monoisotopic (exact) mass is 285 g/mol. The van der Waals surface area contributed by atoms with Crippen LogP contribution in [-0.2, 0) is 10.5 Å². The highest BCUT2D eigenvalue weighted by Crippen LogP contribution is 2.28. The number of rotatable bonds is 5. The summed E-state index contributed by atoms with van der Waals surface area (Å²) in [7, 11) is 3.30. The van der Waals surface area contributed by atoms with Crippen LogP contribution in [0.1, 0.15) is 22.8 Å². The van der Waals surface area contributed by atoms with Gasteiger partial charge < -0.3 is 10.0 Å². The number of amides is 1. The Labute approximate surface area is 115 Å². The number of phenols is 1. The molecule has 0 aliphatic carbocycles. The number of carbonyl (C=O) groups excluding carboxylic acids is 2. The molecule has 104 valence electrons. The maximum atomic E-state index is 13.3. The molecule has 1 N–H and O–H groups in total. The highest BCUT2D eigenvalue weighted by Gasteiger charge is 2.14. The smallest absolute Gasteiger partial charge is 0.232 e.